The molecule has 0 unspecified atom stereocenters. The summed E-state index contributed by atoms with van der Waals surface area (Å²) in [6.07, 6.45) is 9.00. The third-order valence-electron chi connectivity index (χ3n) is 7.24. The molecule has 0 aliphatic heterocycles. The highest BCUT2D eigenvalue weighted by molar-refractivity contribution is 6.74. The molecule has 0 aromatic heterocycles. The van der Waals surface area contributed by atoms with E-state index in [0.29, 0.717) is 25.2 Å². The summed E-state index contributed by atoms with van der Waals surface area (Å²) in [5.41, 5.74) is 1.25. The summed E-state index contributed by atoms with van der Waals surface area (Å²) in [5, 5.41) is 8.88. The number of para-hydroxylation sites is 1. The van der Waals surface area contributed by atoms with Gasteiger partial charge >= 0.3 is 5.97 Å². The zero-order valence-electron chi connectivity index (χ0n) is 21.8. The van der Waals surface area contributed by atoms with Crippen molar-refractivity contribution in [3.8, 4) is 5.75 Å². The monoisotopic (exact) mass is 488 g/mol. The Bertz CT molecular complexity index is 810. The summed E-state index contributed by atoms with van der Waals surface area (Å²) in [4.78, 5) is 23.2. The zero-order valence-corrected chi connectivity index (χ0v) is 22.8. The van der Waals surface area contributed by atoms with Gasteiger partial charge in [-0.3, -0.25) is 9.59 Å². The van der Waals surface area contributed by atoms with Crippen molar-refractivity contribution in [2.75, 3.05) is 6.61 Å². The Balaban J connectivity index is 1.92. The number of hydrogen-bond acceptors (Lipinski definition) is 4. The second kappa shape index (κ2) is 13.2. The molecule has 34 heavy (non-hydrogen) atoms. The highest BCUT2D eigenvalue weighted by Crippen LogP contribution is 2.38. The number of ether oxygens (including phenoxy) is 1. The molecule has 0 amide bonds. The number of carboxylic acid groups (broad SMARTS) is 1. The second-order valence-corrected chi connectivity index (χ2v) is 15.8. The number of carbonyl (C=O) groups is 2. The van der Waals surface area contributed by atoms with Gasteiger partial charge in [0.15, 0.2) is 8.32 Å². The fraction of sp³-hybridized carbons (Fsp3) is 0.643. The second-order valence-electron chi connectivity index (χ2n) is 11.0. The fourth-order valence-corrected chi connectivity index (χ4v) is 5.50. The maximum absolute atomic E-state index is 12.5. The predicted octanol–water partition coefficient (Wildman–Crippen LogP) is 7.18. The lowest BCUT2D eigenvalue weighted by Gasteiger charge is -2.39. The summed E-state index contributed by atoms with van der Waals surface area (Å²) in [5.74, 6) is 0.454. The van der Waals surface area contributed by atoms with Crippen molar-refractivity contribution in [1.29, 1.82) is 0 Å². The topological polar surface area (TPSA) is 72.8 Å². The van der Waals surface area contributed by atoms with Crippen molar-refractivity contribution in [2.24, 2.45) is 5.92 Å². The standard InChI is InChI=1S/C28H44O5Si/c1-28(2,3)34(4,5)33-24(21-32-23-13-9-8-10-14-23)19-17-22-18-20-26(29)25(22)15-11-6-7-12-16-27(30)31/h8-10,13-14,18,24-25H,6-7,11-12,15-17,19-21H2,1-5H3,(H,30,31)/t24-,25+/m0/s1. The van der Waals surface area contributed by atoms with Crippen LogP contribution in [0.5, 0.6) is 5.75 Å². The first kappa shape index (κ1) is 28.3. The number of aliphatic carboxylic acids is 1. The van der Waals surface area contributed by atoms with Crippen LogP contribution in [0.3, 0.4) is 0 Å². The number of carbonyl (C=O) groups excluding carboxylic acids is 1. The Kier molecular flexibility index (Phi) is 11.0. The smallest absolute Gasteiger partial charge is 0.303 e. The molecule has 1 N–H and O–H groups in total. The first-order valence-corrected chi connectivity index (χ1v) is 15.7. The van der Waals surface area contributed by atoms with Crippen LogP contribution >= 0.6 is 0 Å². The van der Waals surface area contributed by atoms with E-state index in [0.717, 1.165) is 44.3 Å². The number of ketones is 1. The van der Waals surface area contributed by atoms with E-state index in [1.54, 1.807) is 0 Å². The van der Waals surface area contributed by atoms with E-state index in [1.807, 2.05) is 30.3 Å². The quantitative estimate of drug-likeness (QED) is 0.161. The fourth-order valence-electron chi connectivity index (χ4n) is 4.13. The Morgan fingerprint density at radius 2 is 1.79 bits per heavy atom. The summed E-state index contributed by atoms with van der Waals surface area (Å²) in [6.45, 7) is 11.8. The van der Waals surface area contributed by atoms with E-state index in [2.05, 4.69) is 39.9 Å². The lowest BCUT2D eigenvalue weighted by molar-refractivity contribution is -0.137. The lowest BCUT2D eigenvalue weighted by atomic mass is 9.90. The predicted molar refractivity (Wildman–Crippen MR) is 140 cm³/mol. The van der Waals surface area contributed by atoms with Gasteiger partial charge in [0.25, 0.3) is 0 Å². The number of benzene rings is 1. The molecule has 0 fully saturated rings. The van der Waals surface area contributed by atoms with Crippen LogP contribution in [0.2, 0.25) is 18.1 Å². The van der Waals surface area contributed by atoms with Crippen LogP contribution < -0.4 is 4.74 Å². The molecule has 1 aliphatic carbocycles. The SMILES string of the molecule is CC(C)(C)[Si](C)(C)O[C@@H](CCC1=CCC(=O)[C@@H]1CCCCCCC(=O)O)COc1ccccc1. The van der Waals surface area contributed by atoms with E-state index < -0.39 is 14.3 Å². The van der Waals surface area contributed by atoms with Crippen LogP contribution in [0.25, 0.3) is 0 Å². The molecule has 2 atom stereocenters. The molecule has 1 aromatic rings. The van der Waals surface area contributed by atoms with Crippen LogP contribution in [0.15, 0.2) is 42.0 Å². The Hall–Kier alpha value is -1.92. The summed E-state index contributed by atoms with van der Waals surface area (Å²) >= 11 is 0. The summed E-state index contributed by atoms with van der Waals surface area (Å²) in [6, 6.07) is 9.86. The van der Waals surface area contributed by atoms with Gasteiger partial charge in [-0.15, -0.1) is 0 Å². The third-order valence-corrected chi connectivity index (χ3v) is 11.8. The molecule has 0 saturated heterocycles. The average molecular weight is 489 g/mol. The van der Waals surface area contributed by atoms with E-state index in [1.165, 1.54) is 5.57 Å². The minimum absolute atomic E-state index is 0.0167. The molecule has 0 saturated carbocycles. The van der Waals surface area contributed by atoms with Crippen LogP contribution in [-0.4, -0.2) is 37.9 Å². The third kappa shape index (κ3) is 9.38. The molecule has 6 heteroatoms. The van der Waals surface area contributed by atoms with Crippen molar-refractivity contribution in [3.63, 3.8) is 0 Å². The maximum Gasteiger partial charge on any atom is 0.303 e. The van der Waals surface area contributed by atoms with Gasteiger partial charge in [-0.2, -0.15) is 0 Å². The zero-order chi connectivity index (χ0) is 25.2. The van der Waals surface area contributed by atoms with Crippen molar-refractivity contribution >= 4 is 20.1 Å². The average Bonchev–Trinajstić information content (AvgIpc) is 3.11. The Labute approximate surface area is 207 Å². The van der Waals surface area contributed by atoms with E-state index in [-0.39, 0.29) is 23.5 Å². The number of unbranched alkanes of at least 4 members (excludes halogenated alkanes) is 3. The molecule has 0 radical (unpaired) electrons. The number of Topliss-reactive ketones (excluding diaryl/α,β-unsaturated/α-hetero) is 1. The van der Waals surface area contributed by atoms with Gasteiger partial charge in [0.05, 0.1) is 6.10 Å². The largest absolute Gasteiger partial charge is 0.491 e. The van der Waals surface area contributed by atoms with Gasteiger partial charge in [0.2, 0.25) is 0 Å². The Morgan fingerprint density at radius 3 is 2.44 bits per heavy atom. The minimum Gasteiger partial charge on any atom is -0.491 e. The van der Waals surface area contributed by atoms with Crippen molar-refractivity contribution in [2.45, 2.75) is 103 Å². The highest BCUT2D eigenvalue weighted by atomic mass is 28.4. The van der Waals surface area contributed by atoms with Crippen LogP contribution in [0.1, 0.15) is 78.6 Å². The van der Waals surface area contributed by atoms with Crippen molar-refractivity contribution in [1.82, 2.24) is 0 Å². The summed E-state index contributed by atoms with van der Waals surface area (Å²) in [7, 11) is -1.96. The molecule has 0 bridgehead atoms. The van der Waals surface area contributed by atoms with E-state index in [9.17, 15) is 9.59 Å². The first-order valence-electron chi connectivity index (χ1n) is 12.8. The maximum atomic E-state index is 12.5. The first-order chi connectivity index (χ1) is 16.0. The molecule has 2 rings (SSSR count). The number of carboxylic acids is 1. The van der Waals surface area contributed by atoms with E-state index in [4.69, 9.17) is 14.3 Å². The van der Waals surface area contributed by atoms with Crippen molar-refractivity contribution in [3.05, 3.63) is 42.0 Å². The molecular formula is C28H44O5Si. The van der Waals surface area contributed by atoms with Gasteiger partial charge in [-0.1, -0.05) is 69.9 Å². The molecule has 1 aliphatic rings. The molecule has 5 nitrogen and oxygen atoms in total. The van der Waals surface area contributed by atoms with Crippen LogP contribution in [0, 0.1) is 5.92 Å². The van der Waals surface area contributed by atoms with Crippen LogP contribution in [0.4, 0.5) is 0 Å². The van der Waals surface area contributed by atoms with Gasteiger partial charge in [-0.05, 0) is 55.9 Å². The van der Waals surface area contributed by atoms with Gasteiger partial charge in [-0.25, -0.2) is 0 Å². The number of rotatable bonds is 15. The number of hydrogen-bond donors (Lipinski definition) is 1. The molecule has 0 spiro atoms. The van der Waals surface area contributed by atoms with Crippen LogP contribution in [-0.2, 0) is 14.0 Å². The van der Waals surface area contributed by atoms with Gasteiger partial charge in [0, 0.05) is 18.8 Å². The van der Waals surface area contributed by atoms with E-state index >= 15 is 0 Å². The molecule has 0 heterocycles. The normalized spacial score (nSPS) is 17.5. The van der Waals surface area contributed by atoms with Gasteiger partial charge in [0.1, 0.15) is 18.1 Å². The lowest BCUT2D eigenvalue weighted by Crippen LogP contribution is -2.45. The number of allylic oxidation sites excluding steroid dienone is 2. The molecular weight excluding hydrogens is 444 g/mol. The molecule has 190 valence electrons. The molecule has 1 aromatic carbocycles. The summed E-state index contributed by atoms with van der Waals surface area (Å²) < 4.78 is 12.8. The van der Waals surface area contributed by atoms with Gasteiger partial charge < -0.3 is 14.3 Å². The Morgan fingerprint density at radius 1 is 1.12 bits per heavy atom. The highest BCUT2D eigenvalue weighted by Gasteiger charge is 2.39. The van der Waals surface area contributed by atoms with Crippen molar-refractivity contribution < 1.29 is 23.9 Å². The minimum atomic E-state index is -1.96.